The first kappa shape index (κ1) is 14.9. The maximum absolute atomic E-state index is 6.27. The highest BCUT2D eigenvalue weighted by molar-refractivity contribution is 5.62. The maximum Gasteiger partial charge on any atom is 0.231 e. The van der Waals surface area contributed by atoms with Gasteiger partial charge in [0.15, 0.2) is 23.0 Å². The van der Waals surface area contributed by atoms with Gasteiger partial charge in [-0.2, -0.15) is 0 Å². The molecule has 2 aliphatic heterocycles. The molecule has 0 unspecified atom stereocenters. The largest absolute Gasteiger partial charge is 0.493 e. The molecular formula is C20H20O4. The van der Waals surface area contributed by atoms with Crippen molar-refractivity contribution in [2.24, 2.45) is 0 Å². The summed E-state index contributed by atoms with van der Waals surface area (Å²) in [4.78, 5) is 0. The van der Waals surface area contributed by atoms with E-state index < -0.39 is 0 Å². The fourth-order valence-electron chi connectivity index (χ4n) is 3.39. The molecule has 0 aliphatic carbocycles. The van der Waals surface area contributed by atoms with Crippen LogP contribution in [0.25, 0.3) is 6.08 Å². The fourth-order valence-corrected chi connectivity index (χ4v) is 3.39. The van der Waals surface area contributed by atoms with Crippen molar-refractivity contribution >= 4 is 6.08 Å². The molecule has 4 nitrogen and oxygen atoms in total. The first-order chi connectivity index (χ1) is 11.7. The molecule has 0 fully saturated rings. The summed E-state index contributed by atoms with van der Waals surface area (Å²) in [6, 6.07) is 10.2. The molecule has 2 aromatic carbocycles. The minimum atomic E-state index is -0.0655. The van der Waals surface area contributed by atoms with E-state index in [1.54, 1.807) is 7.11 Å². The second-order valence-corrected chi connectivity index (χ2v) is 6.08. The molecule has 0 amide bonds. The topological polar surface area (TPSA) is 36.9 Å². The predicted molar refractivity (Wildman–Crippen MR) is 92.1 cm³/mol. The normalized spacial score (nSPS) is 21.0. The Kier molecular flexibility index (Phi) is 3.60. The number of methoxy groups -OCH3 is 1. The van der Waals surface area contributed by atoms with E-state index in [4.69, 9.17) is 18.9 Å². The third-order valence-electron chi connectivity index (χ3n) is 4.60. The van der Waals surface area contributed by atoms with Crippen LogP contribution in [0.4, 0.5) is 0 Å². The predicted octanol–water partition coefficient (Wildman–Crippen LogP) is 4.69. The summed E-state index contributed by atoms with van der Waals surface area (Å²) in [5.41, 5.74) is 3.37. The van der Waals surface area contributed by atoms with Gasteiger partial charge in [-0.1, -0.05) is 25.1 Å². The van der Waals surface area contributed by atoms with Crippen LogP contribution in [0.5, 0.6) is 23.0 Å². The fraction of sp³-hybridized carbons (Fsp3) is 0.300. The quantitative estimate of drug-likeness (QED) is 0.820. The molecule has 0 saturated heterocycles. The van der Waals surface area contributed by atoms with Gasteiger partial charge in [0.05, 0.1) is 7.11 Å². The van der Waals surface area contributed by atoms with Crippen LogP contribution in [0.1, 0.15) is 42.6 Å². The van der Waals surface area contributed by atoms with Crippen LogP contribution in [0, 0.1) is 0 Å². The number of rotatable bonds is 3. The molecular weight excluding hydrogens is 304 g/mol. The third kappa shape index (κ3) is 2.30. The lowest BCUT2D eigenvalue weighted by Gasteiger charge is -2.16. The van der Waals surface area contributed by atoms with Gasteiger partial charge in [-0.3, -0.25) is 0 Å². The molecule has 2 atom stereocenters. The smallest absolute Gasteiger partial charge is 0.231 e. The monoisotopic (exact) mass is 324 g/mol. The zero-order valence-electron chi connectivity index (χ0n) is 14.0. The van der Waals surface area contributed by atoms with Crippen LogP contribution in [-0.4, -0.2) is 13.9 Å². The standard InChI is InChI=1S/C20H20O4/c1-4-5-13-8-15-12(2)19(24-20(15)18(9-13)21-3)14-6-7-16-17(10-14)23-11-22-16/h4-10,12,19H,11H2,1-3H3/b5-4+/t12-,19-/m0/s1. The van der Waals surface area contributed by atoms with Gasteiger partial charge < -0.3 is 18.9 Å². The van der Waals surface area contributed by atoms with E-state index in [2.05, 4.69) is 19.1 Å². The number of hydrogen-bond donors (Lipinski definition) is 0. The summed E-state index contributed by atoms with van der Waals surface area (Å²) in [7, 11) is 1.68. The number of fused-ring (bicyclic) bond motifs is 2. The van der Waals surface area contributed by atoms with Gasteiger partial charge in [0.1, 0.15) is 6.10 Å². The van der Waals surface area contributed by atoms with E-state index in [1.165, 1.54) is 5.56 Å². The lowest BCUT2D eigenvalue weighted by Crippen LogP contribution is -2.07. The number of hydrogen-bond acceptors (Lipinski definition) is 4. The van der Waals surface area contributed by atoms with Gasteiger partial charge >= 0.3 is 0 Å². The number of benzene rings is 2. The molecule has 0 aromatic heterocycles. The van der Waals surface area contributed by atoms with Crippen LogP contribution >= 0.6 is 0 Å². The van der Waals surface area contributed by atoms with Gasteiger partial charge in [0.2, 0.25) is 6.79 Å². The van der Waals surface area contributed by atoms with E-state index >= 15 is 0 Å². The van der Waals surface area contributed by atoms with Gasteiger partial charge in [-0.15, -0.1) is 0 Å². The molecule has 2 aromatic rings. The number of ether oxygens (including phenoxy) is 4. The van der Waals surface area contributed by atoms with Gasteiger partial charge in [-0.05, 0) is 42.3 Å². The molecule has 0 bridgehead atoms. The van der Waals surface area contributed by atoms with E-state index in [-0.39, 0.29) is 18.8 Å². The highest BCUT2D eigenvalue weighted by atomic mass is 16.7. The summed E-state index contributed by atoms with van der Waals surface area (Å²) >= 11 is 0. The second-order valence-electron chi connectivity index (χ2n) is 6.08. The number of allylic oxidation sites excluding steroid dienone is 1. The Morgan fingerprint density at radius 1 is 1.12 bits per heavy atom. The molecule has 0 spiro atoms. The van der Waals surface area contributed by atoms with Crippen LogP contribution in [0.3, 0.4) is 0 Å². The molecule has 124 valence electrons. The van der Waals surface area contributed by atoms with Gasteiger partial charge in [0.25, 0.3) is 0 Å². The SMILES string of the molecule is C/C=C/c1cc(OC)c2c(c1)[C@H](C)[C@@H](c1ccc3c(c1)OCO3)O2. The minimum Gasteiger partial charge on any atom is -0.493 e. The molecule has 0 N–H and O–H groups in total. The van der Waals surface area contributed by atoms with Crippen molar-refractivity contribution in [2.45, 2.75) is 25.9 Å². The van der Waals surface area contributed by atoms with Crippen molar-refractivity contribution in [1.82, 2.24) is 0 Å². The van der Waals surface area contributed by atoms with Crippen LogP contribution in [0.2, 0.25) is 0 Å². The Bertz CT molecular complexity index is 810. The van der Waals surface area contributed by atoms with Gasteiger partial charge in [0, 0.05) is 11.5 Å². The van der Waals surface area contributed by atoms with E-state index in [0.717, 1.165) is 34.1 Å². The van der Waals surface area contributed by atoms with Crippen molar-refractivity contribution in [1.29, 1.82) is 0 Å². The Labute approximate surface area is 141 Å². The second kappa shape index (κ2) is 5.78. The molecule has 24 heavy (non-hydrogen) atoms. The summed E-state index contributed by atoms with van der Waals surface area (Å²) < 4.78 is 22.7. The first-order valence-electron chi connectivity index (χ1n) is 8.12. The van der Waals surface area contributed by atoms with Crippen LogP contribution < -0.4 is 18.9 Å². The van der Waals surface area contributed by atoms with E-state index in [9.17, 15) is 0 Å². The summed E-state index contributed by atoms with van der Waals surface area (Å²) in [6.45, 7) is 4.47. The summed E-state index contributed by atoms with van der Waals surface area (Å²) in [6.07, 6.45) is 4.03. The van der Waals surface area contributed by atoms with Crippen molar-refractivity contribution in [2.75, 3.05) is 13.9 Å². The Morgan fingerprint density at radius 3 is 2.75 bits per heavy atom. The highest BCUT2D eigenvalue weighted by Gasteiger charge is 2.35. The highest BCUT2D eigenvalue weighted by Crippen LogP contribution is 2.51. The maximum atomic E-state index is 6.27. The zero-order chi connectivity index (χ0) is 16.7. The Hall–Kier alpha value is -2.62. The molecule has 0 radical (unpaired) electrons. The zero-order valence-corrected chi connectivity index (χ0v) is 14.0. The minimum absolute atomic E-state index is 0.0655. The van der Waals surface area contributed by atoms with E-state index in [1.807, 2.05) is 37.3 Å². The third-order valence-corrected chi connectivity index (χ3v) is 4.60. The molecule has 4 rings (SSSR count). The average Bonchev–Trinajstić information content (AvgIpc) is 3.19. The van der Waals surface area contributed by atoms with Crippen LogP contribution in [0.15, 0.2) is 36.4 Å². The van der Waals surface area contributed by atoms with Crippen molar-refractivity contribution in [3.8, 4) is 23.0 Å². The average molecular weight is 324 g/mol. The lowest BCUT2D eigenvalue weighted by atomic mass is 9.91. The molecule has 0 saturated carbocycles. The lowest BCUT2D eigenvalue weighted by molar-refractivity contribution is 0.173. The summed E-state index contributed by atoms with van der Waals surface area (Å²) in [5, 5.41) is 0. The summed E-state index contributed by atoms with van der Waals surface area (Å²) in [5.74, 6) is 3.40. The van der Waals surface area contributed by atoms with Crippen LogP contribution in [-0.2, 0) is 0 Å². The van der Waals surface area contributed by atoms with Crippen molar-refractivity contribution in [3.63, 3.8) is 0 Å². The molecule has 2 aliphatic rings. The Morgan fingerprint density at radius 2 is 1.96 bits per heavy atom. The molecule has 4 heteroatoms. The van der Waals surface area contributed by atoms with Gasteiger partial charge in [-0.25, -0.2) is 0 Å². The van der Waals surface area contributed by atoms with E-state index in [0.29, 0.717) is 0 Å². The Balaban J connectivity index is 1.73. The van der Waals surface area contributed by atoms with Crippen molar-refractivity contribution < 1.29 is 18.9 Å². The molecule has 2 heterocycles. The first-order valence-corrected chi connectivity index (χ1v) is 8.12. The van der Waals surface area contributed by atoms with Crippen molar-refractivity contribution in [3.05, 3.63) is 53.1 Å².